The van der Waals surface area contributed by atoms with Crippen molar-refractivity contribution in [1.29, 1.82) is 0 Å². The van der Waals surface area contributed by atoms with Crippen LogP contribution in [0.5, 0.6) is 0 Å². The highest BCUT2D eigenvalue weighted by atomic mass is 19.1. The van der Waals surface area contributed by atoms with Gasteiger partial charge in [-0.05, 0) is 31.0 Å². The van der Waals surface area contributed by atoms with Crippen molar-refractivity contribution >= 4 is 0 Å². The first-order chi connectivity index (χ1) is 7.56. The van der Waals surface area contributed by atoms with Gasteiger partial charge in [0.2, 0.25) is 0 Å². The number of aryl methyl sites for hydroxylation is 1. The van der Waals surface area contributed by atoms with Crippen LogP contribution in [0.15, 0.2) is 12.1 Å². The summed E-state index contributed by atoms with van der Waals surface area (Å²) in [6.45, 7) is 3.64. The van der Waals surface area contributed by atoms with Crippen LogP contribution in [0.3, 0.4) is 0 Å². The maximum Gasteiger partial charge on any atom is 0.128 e. The summed E-state index contributed by atoms with van der Waals surface area (Å²) in [5.41, 5.74) is 6.46. The average molecular weight is 227 g/mol. The summed E-state index contributed by atoms with van der Waals surface area (Å²) in [6.07, 6.45) is 3.82. The van der Waals surface area contributed by atoms with Crippen LogP contribution < -0.4 is 5.73 Å². The van der Waals surface area contributed by atoms with E-state index in [0.717, 1.165) is 19.3 Å². The van der Waals surface area contributed by atoms with Crippen molar-refractivity contribution < 1.29 is 8.78 Å². The first kappa shape index (κ1) is 13.1. The fourth-order valence-corrected chi connectivity index (χ4v) is 1.72. The largest absolute Gasteiger partial charge is 0.324 e. The predicted molar refractivity (Wildman–Crippen MR) is 62.2 cm³/mol. The van der Waals surface area contributed by atoms with Gasteiger partial charge in [0.1, 0.15) is 11.6 Å². The average Bonchev–Trinajstić information content (AvgIpc) is 2.23. The summed E-state index contributed by atoms with van der Waals surface area (Å²) >= 11 is 0. The lowest BCUT2D eigenvalue weighted by atomic mass is 9.99. The molecule has 1 nitrogen and oxygen atoms in total. The van der Waals surface area contributed by atoms with Crippen molar-refractivity contribution in [3.63, 3.8) is 0 Å². The summed E-state index contributed by atoms with van der Waals surface area (Å²) < 4.78 is 26.8. The van der Waals surface area contributed by atoms with E-state index in [1.807, 2.05) is 0 Å². The minimum absolute atomic E-state index is 0.291. The molecule has 0 aromatic heterocycles. The van der Waals surface area contributed by atoms with E-state index >= 15 is 0 Å². The number of benzene rings is 1. The first-order valence-electron chi connectivity index (χ1n) is 5.77. The Hall–Kier alpha value is -0.960. The number of unbranched alkanes of at least 4 members (excludes halogenated alkanes) is 2. The van der Waals surface area contributed by atoms with E-state index in [1.165, 1.54) is 12.1 Å². The quantitative estimate of drug-likeness (QED) is 0.759. The maximum absolute atomic E-state index is 13.5. The Balaban J connectivity index is 2.75. The molecule has 0 fully saturated rings. The Morgan fingerprint density at radius 1 is 1.19 bits per heavy atom. The standard InChI is InChI=1S/C13H19F2N/c1-3-4-5-6-13(16)10-8-11(14)9(2)7-12(10)15/h7-8,13H,3-6,16H2,1-2H3. The van der Waals surface area contributed by atoms with E-state index in [1.54, 1.807) is 6.92 Å². The third-order valence-electron chi connectivity index (χ3n) is 2.80. The van der Waals surface area contributed by atoms with Gasteiger partial charge in [-0.15, -0.1) is 0 Å². The zero-order chi connectivity index (χ0) is 12.1. The Kier molecular flexibility index (Phi) is 4.87. The molecule has 2 N–H and O–H groups in total. The van der Waals surface area contributed by atoms with Gasteiger partial charge in [0.15, 0.2) is 0 Å². The molecule has 1 rings (SSSR count). The van der Waals surface area contributed by atoms with Crippen molar-refractivity contribution in [3.05, 3.63) is 34.9 Å². The number of nitrogens with two attached hydrogens (primary N) is 1. The number of hydrogen-bond donors (Lipinski definition) is 1. The van der Waals surface area contributed by atoms with Crippen molar-refractivity contribution in [1.82, 2.24) is 0 Å². The summed E-state index contributed by atoms with van der Waals surface area (Å²) in [7, 11) is 0. The van der Waals surface area contributed by atoms with Crippen LogP contribution in [0.2, 0.25) is 0 Å². The lowest BCUT2D eigenvalue weighted by molar-refractivity contribution is 0.526. The van der Waals surface area contributed by atoms with E-state index in [0.29, 0.717) is 17.5 Å². The molecule has 0 aliphatic heterocycles. The normalized spacial score (nSPS) is 12.8. The van der Waals surface area contributed by atoms with E-state index < -0.39 is 11.9 Å². The molecule has 1 unspecified atom stereocenters. The van der Waals surface area contributed by atoms with Gasteiger partial charge in [0.25, 0.3) is 0 Å². The fraction of sp³-hybridized carbons (Fsp3) is 0.538. The molecule has 0 aliphatic rings. The van der Waals surface area contributed by atoms with Gasteiger partial charge >= 0.3 is 0 Å². The van der Waals surface area contributed by atoms with Crippen molar-refractivity contribution in [2.24, 2.45) is 5.73 Å². The molecule has 1 aromatic carbocycles. The molecular weight excluding hydrogens is 208 g/mol. The molecule has 0 saturated carbocycles. The Bertz CT molecular complexity index is 350. The molecule has 0 amide bonds. The molecule has 0 aliphatic carbocycles. The molecule has 0 spiro atoms. The van der Waals surface area contributed by atoms with E-state index in [4.69, 9.17) is 5.73 Å². The molecule has 90 valence electrons. The molecular formula is C13H19F2N. The molecule has 0 bridgehead atoms. The van der Waals surface area contributed by atoms with Crippen LogP contribution >= 0.6 is 0 Å². The Labute approximate surface area is 95.7 Å². The second kappa shape index (κ2) is 5.94. The second-order valence-corrected chi connectivity index (χ2v) is 4.23. The summed E-state index contributed by atoms with van der Waals surface area (Å²) in [6, 6.07) is 2.03. The van der Waals surface area contributed by atoms with E-state index in [-0.39, 0.29) is 5.82 Å². The van der Waals surface area contributed by atoms with Gasteiger partial charge in [-0.3, -0.25) is 0 Å². The molecule has 0 radical (unpaired) electrons. The highest BCUT2D eigenvalue weighted by Gasteiger charge is 2.13. The van der Waals surface area contributed by atoms with Crippen molar-refractivity contribution in [3.8, 4) is 0 Å². The fourth-order valence-electron chi connectivity index (χ4n) is 1.72. The maximum atomic E-state index is 13.5. The zero-order valence-corrected chi connectivity index (χ0v) is 9.89. The van der Waals surface area contributed by atoms with Crippen LogP contribution in [0, 0.1) is 18.6 Å². The van der Waals surface area contributed by atoms with Crippen LogP contribution in [0.1, 0.15) is 49.8 Å². The van der Waals surface area contributed by atoms with Gasteiger partial charge in [-0.1, -0.05) is 26.2 Å². The summed E-state index contributed by atoms with van der Waals surface area (Å²) in [5, 5.41) is 0. The monoisotopic (exact) mass is 227 g/mol. The Morgan fingerprint density at radius 2 is 1.88 bits per heavy atom. The van der Waals surface area contributed by atoms with Gasteiger partial charge in [0.05, 0.1) is 0 Å². The van der Waals surface area contributed by atoms with Gasteiger partial charge < -0.3 is 5.73 Å². The molecule has 0 saturated heterocycles. The molecule has 1 aromatic rings. The molecule has 0 heterocycles. The van der Waals surface area contributed by atoms with Gasteiger partial charge in [0, 0.05) is 11.6 Å². The highest BCUT2D eigenvalue weighted by Crippen LogP contribution is 2.23. The topological polar surface area (TPSA) is 26.0 Å². The minimum atomic E-state index is -0.401. The van der Waals surface area contributed by atoms with Crippen LogP contribution in [-0.2, 0) is 0 Å². The van der Waals surface area contributed by atoms with Crippen molar-refractivity contribution in [2.75, 3.05) is 0 Å². The number of halogens is 2. The third-order valence-corrected chi connectivity index (χ3v) is 2.80. The van der Waals surface area contributed by atoms with Crippen LogP contribution in [0.4, 0.5) is 8.78 Å². The second-order valence-electron chi connectivity index (χ2n) is 4.23. The van der Waals surface area contributed by atoms with Crippen LogP contribution in [0.25, 0.3) is 0 Å². The van der Waals surface area contributed by atoms with E-state index in [9.17, 15) is 8.78 Å². The van der Waals surface area contributed by atoms with Crippen molar-refractivity contribution in [2.45, 2.75) is 45.6 Å². The zero-order valence-electron chi connectivity index (χ0n) is 9.89. The lowest BCUT2D eigenvalue weighted by Crippen LogP contribution is -2.13. The van der Waals surface area contributed by atoms with Gasteiger partial charge in [-0.25, -0.2) is 8.78 Å². The minimum Gasteiger partial charge on any atom is -0.324 e. The highest BCUT2D eigenvalue weighted by molar-refractivity contribution is 5.27. The smallest absolute Gasteiger partial charge is 0.128 e. The third kappa shape index (κ3) is 3.27. The molecule has 16 heavy (non-hydrogen) atoms. The SMILES string of the molecule is CCCCCC(N)c1cc(F)c(C)cc1F. The lowest BCUT2D eigenvalue weighted by Gasteiger charge is -2.13. The number of hydrogen-bond acceptors (Lipinski definition) is 1. The first-order valence-corrected chi connectivity index (χ1v) is 5.77. The Morgan fingerprint density at radius 3 is 2.50 bits per heavy atom. The van der Waals surface area contributed by atoms with E-state index in [2.05, 4.69) is 6.92 Å². The van der Waals surface area contributed by atoms with Crippen LogP contribution in [-0.4, -0.2) is 0 Å². The molecule has 1 atom stereocenters. The molecule has 3 heteroatoms. The summed E-state index contributed by atoms with van der Waals surface area (Å²) in [4.78, 5) is 0. The summed E-state index contributed by atoms with van der Waals surface area (Å²) in [5.74, 6) is -0.787. The predicted octanol–water partition coefficient (Wildman–Crippen LogP) is 3.85. The number of rotatable bonds is 5. The van der Waals surface area contributed by atoms with Gasteiger partial charge in [-0.2, -0.15) is 0 Å².